The van der Waals surface area contributed by atoms with Gasteiger partial charge in [0.1, 0.15) is 23.9 Å². The molecular formula is C25H27F2N3O5. The number of carboxylic acids is 1. The van der Waals surface area contributed by atoms with Crippen LogP contribution in [0.1, 0.15) is 49.3 Å². The Morgan fingerprint density at radius 3 is 2.31 bits per heavy atom. The van der Waals surface area contributed by atoms with Crippen LogP contribution in [0.4, 0.5) is 8.78 Å². The quantitative estimate of drug-likeness (QED) is 0.422. The third-order valence-corrected chi connectivity index (χ3v) is 5.34. The lowest BCUT2D eigenvalue weighted by Crippen LogP contribution is -2.32. The van der Waals surface area contributed by atoms with Crippen LogP contribution in [0.25, 0.3) is 5.69 Å². The van der Waals surface area contributed by atoms with Gasteiger partial charge < -0.3 is 20.3 Å². The number of carbonyl (C=O) groups excluding carboxylic acids is 1. The SMILES string of the molecule is CC(C)(C)[C@H](O)COc1cc(C(=O)N[C@@H](CC(=O)O)c2ccccc2F)nn1-c1ccccc1F. The summed E-state index contributed by atoms with van der Waals surface area (Å²) < 4.78 is 35.6. The van der Waals surface area contributed by atoms with Gasteiger partial charge in [0.25, 0.3) is 5.91 Å². The fourth-order valence-electron chi connectivity index (χ4n) is 3.19. The molecule has 0 bridgehead atoms. The van der Waals surface area contributed by atoms with E-state index in [9.17, 15) is 28.6 Å². The van der Waals surface area contributed by atoms with Gasteiger partial charge in [-0.2, -0.15) is 9.78 Å². The predicted octanol–water partition coefficient (Wildman–Crippen LogP) is 3.88. The van der Waals surface area contributed by atoms with Crippen molar-refractivity contribution >= 4 is 11.9 Å². The van der Waals surface area contributed by atoms with Crippen LogP contribution < -0.4 is 10.1 Å². The molecule has 2 atom stereocenters. The summed E-state index contributed by atoms with van der Waals surface area (Å²) in [6.07, 6.45) is -1.44. The molecule has 0 aliphatic rings. The number of hydrogen-bond donors (Lipinski definition) is 3. The number of aliphatic carboxylic acids is 1. The molecule has 0 saturated heterocycles. The van der Waals surface area contributed by atoms with Crippen molar-refractivity contribution in [2.24, 2.45) is 5.41 Å². The molecule has 3 N–H and O–H groups in total. The van der Waals surface area contributed by atoms with Crippen LogP contribution in [-0.2, 0) is 4.79 Å². The Bertz CT molecular complexity index is 1210. The van der Waals surface area contributed by atoms with Crippen molar-refractivity contribution in [1.29, 1.82) is 0 Å². The van der Waals surface area contributed by atoms with Gasteiger partial charge in [0, 0.05) is 11.6 Å². The minimum Gasteiger partial charge on any atom is -0.481 e. The molecule has 186 valence electrons. The van der Waals surface area contributed by atoms with Crippen LogP contribution in [0.5, 0.6) is 5.88 Å². The summed E-state index contributed by atoms with van der Waals surface area (Å²) >= 11 is 0. The highest BCUT2D eigenvalue weighted by Crippen LogP contribution is 2.26. The average Bonchev–Trinajstić information content (AvgIpc) is 3.21. The van der Waals surface area contributed by atoms with Crippen molar-refractivity contribution < 1.29 is 33.3 Å². The Balaban J connectivity index is 1.94. The number of rotatable bonds is 9. The first kappa shape index (κ1) is 25.8. The number of aliphatic hydroxyl groups is 1. The molecule has 0 aliphatic heterocycles. The Kier molecular flexibility index (Phi) is 7.85. The van der Waals surface area contributed by atoms with E-state index in [1.807, 2.05) is 20.8 Å². The first-order chi connectivity index (χ1) is 16.5. The second-order valence-corrected chi connectivity index (χ2v) is 9.07. The van der Waals surface area contributed by atoms with Gasteiger partial charge in [-0.25, -0.2) is 8.78 Å². The van der Waals surface area contributed by atoms with E-state index in [-0.39, 0.29) is 29.4 Å². The zero-order valence-corrected chi connectivity index (χ0v) is 19.5. The Morgan fingerprint density at radius 2 is 1.71 bits per heavy atom. The molecular weight excluding hydrogens is 460 g/mol. The van der Waals surface area contributed by atoms with Crippen LogP contribution in [0.3, 0.4) is 0 Å². The topological polar surface area (TPSA) is 114 Å². The monoisotopic (exact) mass is 487 g/mol. The van der Waals surface area contributed by atoms with E-state index in [1.54, 1.807) is 6.07 Å². The number of halogens is 2. The molecule has 0 spiro atoms. The molecule has 0 unspecified atom stereocenters. The molecule has 10 heteroatoms. The molecule has 8 nitrogen and oxygen atoms in total. The molecule has 1 amide bonds. The van der Waals surface area contributed by atoms with E-state index in [2.05, 4.69) is 10.4 Å². The maximum Gasteiger partial charge on any atom is 0.305 e. The average molecular weight is 488 g/mol. The van der Waals surface area contributed by atoms with Gasteiger partial charge in [-0.1, -0.05) is 51.1 Å². The van der Waals surface area contributed by atoms with Gasteiger partial charge in [-0.15, -0.1) is 0 Å². The number of hydrogen-bond acceptors (Lipinski definition) is 5. The number of carboxylic acid groups (broad SMARTS) is 1. The largest absolute Gasteiger partial charge is 0.481 e. The van der Waals surface area contributed by atoms with Crippen molar-refractivity contribution in [3.63, 3.8) is 0 Å². The summed E-state index contributed by atoms with van der Waals surface area (Å²) in [5.74, 6) is -3.36. The lowest BCUT2D eigenvalue weighted by atomic mass is 9.90. The smallest absolute Gasteiger partial charge is 0.305 e. The maximum absolute atomic E-state index is 14.5. The van der Waals surface area contributed by atoms with E-state index in [1.165, 1.54) is 42.5 Å². The van der Waals surface area contributed by atoms with Gasteiger partial charge >= 0.3 is 5.97 Å². The molecule has 3 aromatic rings. The number of nitrogens with zero attached hydrogens (tertiary/aromatic N) is 2. The van der Waals surface area contributed by atoms with Crippen LogP contribution in [0, 0.1) is 17.0 Å². The van der Waals surface area contributed by atoms with Gasteiger partial charge in [-0.05, 0) is 23.6 Å². The van der Waals surface area contributed by atoms with Crippen LogP contribution in [-0.4, -0.2) is 44.6 Å². The normalized spacial score (nSPS) is 13.2. The highest BCUT2D eigenvalue weighted by molar-refractivity contribution is 5.93. The number of aliphatic hydroxyl groups excluding tert-OH is 1. The molecule has 35 heavy (non-hydrogen) atoms. The zero-order chi connectivity index (χ0) is 25.8. The first-order valence-electron chi connectivity index (χ1n) is 10.9. The maximum atomic E-state index is 14.5. The molecule has 0 radical (unpaired) electrons. The van der Waals surface area contributed by atoms with Crippen molar-refractivity contribution in [2.75, 3.05) is 6.61 Å². The number of para-hydroxylation sites is 1. The highest BCUT2D eigenvalue weighted by Gasteiger charge is 2.27. The molecule has 0 saturated carbocycles. The number of carbonyl (C=O) groups is 2. The number of aromatic nitrogens is 2. The summed E-state index contributed by atoms with van der Waals surface area (Å²) in [5.41, 5.74) is -0.697. The number of benzene rings is 2. The lowest BCUT2D eigenvalue weighted by Gasteiger charge is -2.25. The van der Waals surface area contributed by atoms with Crippen molar-refractivity contribution in [3.8, 4) is 11.6 Å². The van der Waals surface area contributed by atoms with E-state index < -0.39 is 47.5 Å². The van der Waals surface area contributed by atoms with Gasteiger partial charge in [0.2, 0.25) is 5.88 Å². The lowest BCUT2D eigenvalue weighted by molar-refractivity contribution is -0.137. The Labute approximate surface area is 201 Å². The first-order valence-corrected chi connectivity index (χ1v) is 10.9. The van der Waals surface area contributed by atoms with E-state index in [4.69, 9.17) is 4.74 Å². The molecule has 0 fully saturated rings. The molecule has 1 aromatic heterocycles. The van der Waals surface area contributed by atoms with Crippen molar-refractivity contribution in [1.82, 2.24) is 15.1 Å². The van der Waals surface area contributed by atoms with Crippen LogP contribution in [0.15, 0.2) is 54.6 Å². The zero-order valence-electron chi connectivity index (χ0n) is 19.5. The molecule has 3 rings (SSSR count). The Hall–Kier alpha value is -3.79. The van der Waals surface area contributed by atoms with Crippen LogP contribution >= 0.6 is 0 Å². The summed E-state index contributed by atoms with van der Waals surface area (Å²) in [6, 6.07) is 11.3. The molecule has 1 heterocycles. The predicted molar refractivity (Wildman–Crippen MR) is 123 cm³/mol. The van der Waals surface area contributed by atoms with Crippen LogP contribution in [0.2, 0.25) is 0 Å². The summed E-state index contributed by atoms with van der Waals surface area (Å²) in [7, 11) is 0. The summed E-state index contributed by atoms with van der Waals surface area (Å²) in [4.78, 5) is 24.3. The second-order valence-electron chi connectivity index (χ2n) is 9.07. The van der Waals surface area contributed by atoms with E-state index in [0.717, 1.165) is 10.7 Å². The third kappa shape index (κ3) is 6.42. The molecule has 2 aromatic carbocycles. The number of ether oxygens (including phenoxy) is 1. The van der Waals surface area contributed by atoms with E-state index >= 15 is 0 Å². The minimum absolute atomic E-state index is 0.00144. The number of nitrogens with one attached hydrogen (secondary N) is 1. The molecule has 0 aliphatic carbocycles. The Morgan fingerprint density at radius 1 is 1.09 bits per heavy atom. The fourth-order valence-corrected chi connectivity index (χ4v) is 3.19. The summed E-state index contributed by atoms with van der Waals surface area (Å²) in [6.45, 7) is 5.31. The summed E-state index contributed by atoms with van der Waals surface area (Å²) in [5, 5.41) is 26.2. The number of amides is 1. The second kappa shape index (κ2) is 10.6. The van der Waals surface area contributed by atoms with Gasteiger partial charge in [-0.3, -0.25) is 9.59 Å². The van der Waals surface area contributed by atoms with Gasteiger partial charge in [0.15, 0.2) is 5.69 Å². The standard InChI is InChI=1S/C25H27F2N3O5/c1-25(2,3)21(31)14-35-22-12-19(29-30(22)20-11-7-6-10-17(20)27)24(34)28-18(13-23(32)33)15-8-4-5-9-16(15)26/h4-12,18,21,31H,13-14H2,1-3H3,(H,28,34)(H,32,33)/t18-,21+/m0/s1. The third-order valence-electron chi connectivity index (χ3n) is 5.34. The van der Waals surface area contributed by atoms with Gasteiger partial charge in [0.05, 0.1) is 18.6 Å². The van der Waals surface area contributed by atoms with Crippen molar-refractivity contribution in [3.05, 3.63) is 77.5 Å². The minimum atomic E-state index is -1.24. The van der Waals surface area contributed by atoms with Crippen molar-refractivity contribution in [2.45, 2.75) is 39.3 Å². The fraction of sp³-hybridized carbons (Fsp3) is 0.320. The highest BCUT2D eigenvalue weighted by atomic mass is 19.1. The van der Waals surface area contributed by atoms with E-state index in [0.29, 0.717) is 0 Å².